The van der Waals surface area contributed by atoms with Crippen molar-refractivity contribution in [3.05, 3.63) is 18.0 Å². The molecule has 0 fully saturated rings. The molecule has 1 heterocycles. The van der Waals surface area contributed by atoms with E-state index in [4.69, 9.17) is 15.4 Å². The lowest BCUT2D eigenvalue weighted by molar-refractivity contribution is 0.0916. The van der Waals surface area contributed by atoms with Gasteiger partial charge in [0, 0.05) is 37.1 Å². The van der Waals surface area contributed by atoms with E-state index in [0.29, 0.717) is 13.2 Å². The summed E-state index contributed by atoms with van der Waals surface area (Å²) < 4.78 is 27.2. The van der Waals surface area contributed by atoms with Crippen LogP contribution in [0.25, 0.3) is 0 Å². The largest absolute Gasteiger partial charge is 0.385 e. The fraction of sp³-hybridized carbons (Fsp3) is 0.583. The Morgan fingerprint density at radius 1 is 1.50 bits per heavy atom. The Balaban J connectivity index is 2.62. The molecule has 0 unspecified atom stereocenters. The van der Waals surface area contributed by atoms with Gasteiger partial charge in [-0.25, -0.2) is 8.42 Å². The maximum absolute atomic E-state index is 11.9. The Kier molecular flexibility index (Phi) is 5.61. The van der Waals surface area contributed by atoms with Crippen molar-refractivity contribution in [3.8, 4) is 0 Å². The second-order valence-corrected chi connectivity index (χ2v) is 7.84. The number of hydrogen-bond acceptors (Lipinski definition) is 4. The smallest absolute Gasteiger partial charge is 0.267 e. The molecule has 6 nitrogen and oxygen atoms in total. The van der Waals surface area contributed by atoms with Gasteiger partial charge in [0.05, 0.1) is 0 Å². The van der Waals surface area contributed by atoms with Crippen molar-refractivity contribution in [3.63, 3.8) is 0 Å². The molecule has 0 bridgehead atoms. The molecule has 0 radical (unpaired) electrons. The van der Waals surface area contributed by atoms with Crippen LogP contribution >= 0.6 is 10.7 Å². The van der Waals surface area contributed by atoms with Gasteiger partial charge in [-0.3, -0.25) is 4.79 Å². The number of H-pyrrole nitrogens is 1. The Morgan fingerprint density at radius 2 is 2.15 bits per heavy atom. The molecular weight excluding hydrogens is 304 g/mol. The lowest BCUT2D eigenvalue weighted by Gasteiger charge is -2.24. The van der Waals surface area contributed by atoms with Crippen molar-refractivity contribution in [2.45, 2.75) is 25.2 Å². The van der Waals surface area contributed by atoms with Crippen LogP contribution in [0.3, 0.4) is 0 Å². The summed E-state index contributed by atoms with van der Waals surface area (Å²) >= 11 is 0. The van der Waals surface area contributed by atoms with E-state index < -0.39 is 9.05 Å². The molecular formula is C12H19ClN2O4S. The highest BCUT2D eigenvalue weighted by atomic mass is 35.7. The number of aromatic nitrogens is 1. The molecule has 0 atom stereocenters. The predicted octanol–water partition coefficient (Wildman–Crippen LogP) is 1.73. The van der Waals surface area contributed by atoms with Crippen molar-refractivity contribution in [1.29, 1.82) is 0 Å². The zero-order valence-corrected chi connectivity index (χ0v) is 13.3. The fourth-order valence-corrected chi connectivity index (χ4v) is 2.25. The van der Waals surface area contributed by atoms with Crippen molar-refractivity contribution < 1.29 is 17.9 Å². The molecule has 2 N–H and O–H groups in total. The third kappa shape index (κ3) is 5.15. The monoisotopic (exact) mass is 322 g/mol. The highest BCUT2D eigenvalue weighted by Crippen LogP contribution is 2.19. The molecule has 0 aliphatic heterocycles. The van der Waals surface area contributed by atoms with Crippen LogP contribution in [0.4, 0.5) is 0 Å². The van der Waals surface area contributed by atoms with Crippen molar-refractivity contribution >= 4 is 25.6 Å². The van der Waals surface area contributed by atoms with Crippen molar-refractivity contribution in [1.82, 2.24) is 10.3 Å². The van der Waals surface area contributed by atoms with Gasteiger partial charge in [0.1, 0.15) is 10.6 Å². The summed E-state index contributed by atoms with van der Waals surface area (Å²) in [5, 5.41) is 2.75. The molecule has 1 rings (SSSR count). The number of halogens is 1. The van der Waals surface area contributed by atoms with Gasteiger partial charge < -0.3 is 15.0 Å². The molecule has 0 aliphatic carbocycles. The number of amides is 1. The number of hydrogen-bond donors (Lipinski definition) is 2. The summed E-state index contributed by atoms with van der Waals surface area (Å²) in [4.78, 5) is 14.4. The van der Waals surface area contributed by atoms with E-state index in [1.807, 2.05) is 13.8 Å². The minimum atomic E-state index is -3.83. The van der Waals surface area contributed by atoms with E-state index in [1.54, 1.807) is 7.11 Å². The van der Waals surface area contributed by atoms with Gasteiger partial charge in [-0.05, 0) is 17.9 Å². The molecule has 0 aromatic carbocycles. The van der Waals surface area contributed by atoms with Crippen molar-refractivity contribution in [2.75, 3.05) is 20.3 Å². The second-order valence-electron chi connectivity index (χ2n) is 5.28. The maximum Gasteiger partial charge on any atom is 0.267 e. The maximum atomic E-state index is 11.9. The van der Waals surface area contributed by atoms with Crippen LogP contribution in [0, 0.1) is 5.41 Å². The SMILES string of the molecule is COCCC(C)(C)CNC(=O)c1cc(S(=O)(=O)Cl)c[nH]1. The highest BCUT2D eigenvalue weighted by Gasteiger charge is 2.20. The summed E-state index contributed by atoms with van der Waals surface area (Å²) in [6.45, 7) is 5.09. The quantitative estimate of drug-likeness (QED) is 0.748. The van der Waals surface area contributed by atoms with E-state index in [0.717, 1.165) is 6.42 Å². The van der Waals surface area contributed by atoms with Gasteiger partial charge >= 0.3 is 0 Å². The third-order valence-electron chi connectivity index (χ3n) is 2.89. The summed E-state index contributed by atoms with van der Waals surface area (Å²) in [6.07, 6.45) is 1.99. The van der Waals surface area contributed by atoms with Crippen LogP contribution in [-0.4, -0.2) is 39.6 Å². The van der Waals surface area contributed by atoms with Crippen LogP contribution in [0.2, 0.25) is 0 Å². The topological polar surface area (TPSA) is 88.3 Å². The molecule has 1 amide bonds. The van der Waals surface area contributed by atoms with Crippen LogP contribution in [0.1, 0.15) is 30.8 Å². The van der Waals surface area contributed by atoms with E-state index >= 15 is 0 Å². The van der Waals surface area contributed by atoms with Crippen LogP contribution < -0.4 is 5.32 Å². The van der Waals surface area contributed by atoms with E-state index in [-0.39, 0.29) is 21.9 Å². The highest BCUT2D eigenvalue weighted by molar-refractivity contribution is 8.13. The second kappa shape index (κ2) is 6.60. The first-order chi connectivity index (χ1) is 9.15. The van der Waals surface area contributed by atoms with E-state index in [2.05, 4.69) is 10.3 Å². The Hall–Kier alpha value is -1.05. The van der Waals surface area contributed by atoms with Crippen molar-refractivity contribution in [2.24, 2.45) is 5.41 Å². The number of ether oxygens (including phenoxy) is 1. The minimum Gasteiger partial charge on any atom is -0.385 e. The average molecular weight is 323 g/mol. The molecule has 114 valence electrons. The zero-order chi connectivity index (χ0) is 15.4. The van der Waals surface area contributed by atoms with Crippen LogP contribution in [-0.2, 0) is 13.8 Å². The first-order valence-electron chi connectivity index (χ1n) is 6.06. The number of aromatic amines is 1. The van der Waals surface area contributed by atoms with Gasteiger partial charge in [0.25, 0.3) is 15.0 Å². The first kappa shape index (κ1) is 17.0. The van der Waals surface area contributed by atoms with Crippen LogP contribution in [0.5, 0.6) is 0 Å². The standard InChI is InChI=1S/C12H19ClN2O4S/c1-12(2,4-5-19-3)8-15-11(16)10-6-9(7-14-10)20(13,17)18/h6-7,14H,4-5,8H2,1-3H3,(H,15,16). The zero-order valence-electron chi connectivity index (χ0n) is 11.7. The summed E-state index contributed by atoms with van der Waals surface area (Å²) in [7, 11) is 2.99. The third-order valence-corrected chi connectivity index (χ3v) is 4.23. The van der Waals surface area contributed by atoms with Gasteiger partial charge in [0.2, 0.25) is 0 Å². The van der Waals surface area contributed by atoms with Gasteiger partial charge in [0.15, 0.2) is 0 Å². The molecule has 1 aromatic heterocycles. The van der Waals surface area contributed by atoms with E-state index in [9.17, 15) is 13.2 Å². The van der Waals surface area contributed by atoms with Crippen LogP contribution in [0.15, 0.2) is 17.2 Å². The lowest BCUT2D eigenvalue weighted by Crippen LogP contribution is -2.34. The molecule has 1 aromatic rings. The Morgan fingerprint density at radius 3 is 2.65 bits per heavy atom. The Labute approximate surface area is 123 Å². The molecule has 8 heteroatoms. The number of nitrogens with one attached hydrogen (secondary N) is 2. The fourth-order valence-electron chi connectivity index (χ4n) is 1.53. The summed E-state index contributed by atoms with van der Waals surface area (Å²) in [6, 6.07) is 1.21. The van der Waals surface area contributed by atoms with Gasteiger partial charge in [-0.15, -0.1) is 0 Å². The molecule has 0 saturated heterocycles. The lowest BCUT2D eigenvalue weighted by atomic mass is 9.90. The average Bonchev–Trinajstić information content (AvgIpc) is 2.83. The molecule has 0 spiro atoms. The summed E-state index contributed by atoms with van der Waals surface area (Å²) in [5.74, 6) is -0.373. The summed E-state index contributed by atoms with van der Waals surface area (Å²) in [5.41, 5.74) is 0.0476. The van der Waals surface area contributed by atoms with Gasteiger partial charge in [-0.1, -0.05) is 13.8 Å². The number of carbonyl (C=O) groups is 1. The molecule has 0 saturated carbocycles. The number of carbonyl (C=O) groups excluding carboxylic acids is 1. The first-order valence-corrected chi connectivity index (χ1v) is 8.37. The molecule has 0 aliphatic rings. The Bertz CT molecular complexity index is 566. The van der Waals surface area contributed by atoms with E-state index in [1.165, 1.54) is 12.3 Å². The number of methoxy groups -OCH3 is 1. The number of rotatable bonds is 7. The molecule has 20 heavy (non-hydrogen) atoms. The van der Waals surface area contributed by atoms with Gasteiger partial charge in [-0.2, -0.15) is 0 Å². The minimum absolute atomic E-state index is 0.111. The predicted molar refractivity (Wildman–Crippen MR) is 76.4 cm³/mol. The normalized spacial score (nSPS) is 12.4.